The lowest BCUT2D eigenvalue weighted by molar-refractivity contribution is 0.356. The van der Waals surface area contributed by atoms with Crippen molar-refractivity contribution in [3.05, 3.63) is 32.6 Å². The first-order valence-corrected chi connectivity index (χ1v) is 13.3. The molecule has 0 amide bonds. The van der Waals surface area contributed by atoms with Gasteiger partial charge in [0.25, 0.3) is 0 Å². The Balaban J connectivity index is 0.000000617. The minimum atomic E-state index is 0. The fourth-order valence-corrected chi connectivity index (χ4v) is 5.98. The van der Waals surface area contributed by atoms with Crippen LogP contribution in [0, 0.1) is 0 Å². The minimum absolute atomic E-state index is 0. The predicted molar refractivity (Wildman–Crippen MR) is 169 cm³/mol. The summed E-state index contributed by atoms with van der Waals surface area (Å²) in [5, 5.41) is 22.2. The molecule has 2 unspecified atom stereocenters. The number of piperazine rings is 2. The normalized spacial score (nSPS) is 21.4. The maximum absolute atomic E-state index is 4.73. The molecule has 0 aromatic carbocycles. The van der Waals surface area contributed by atoms with E-state index in [0.29, 0.717) is 0 Å². The lowest BCUT2D eigenvalue weighted by atomic mass is 10.2. The van der Waals surface area contributed by atoms with E-state index in [2.05, 4.69) is 66.4 Å². The molecular weight excluding hydrogens is 598 g/mol. The Hall–Kier alpha value is -1.02. The quantitative estimate of drug-likeness (QED) is 0.354. The zero-order valence-electron chi connectivity index (χ0n) is 20.9. The van der Waals surface area contributed by atoms with E-state index in [1.807, 2.05) is 0 Å². The van der Waals surface area contributed by atoms with Crippen molar-refractivity contribution in [3.8, 4) is 0 Å². The van der Waals surface area contributed by atoms with Crippen LogP contribution in [-0.4, -0.2) is 91.6 Å². The van der Waals surface area contributed by atoms with Crippen molar-refractivity contribution in [2.75, 3.05) is 63.0 Å². The molecule has 0 saturated carbocycles. The molecule has 2 atom stereocenters. The van der Waals surface area contributed by atoms with Gasteiger partial charge in [-0.05, 0) is 13.8 Å². The lowest BCUT2D eigenvalue weighted by Crippen LogP contribution is -2.48. The SMILES string of the molecule is CC1N=C(N2CCNCC2)c2cscc2N1.CC1N=C(N2CCNCC2)c2cscc2N1.Cl.Cl.Cl.Cl.O. The van der Waals surface area contributed by atoms with E-state index in [9.17, 15) is 0 Å². The van der Waals surface area contributed by atoms with Gasteiger partial charge in [-0.2, -0.15) is 0 Å². The summed E-state index contributed by atoms with van der Waals surface area (Å²) >= 11 is 3.48. The number of hydrogen-bond acceptors (Lipinski definition) is 10. The molecule has 0 bridgehead atoms. The third-order valence-corrected chi connectivity index (χ3v) is 7.49. The molecule has 2 fully saturated rings. The van der Waals surface area contributed by atoms with Crippen LogP contribution in [0.2, 0.25) is 0 Å². The highest BCUT2D eigenvalue weighted by Gasteiger charge is 2.25. The first-order chi connectivity index (χ1) is 15.7. The predicted octanol–water partition coefficient (Wildman–Crippen LogP) is 3.21. The van der Waals surface area contributed by atoms with Crippen molar-refractivity contribution < 1.29 is 5.48 Å². The summed E-state index contributed by atoms with van der Waals surface area (Å²) < 4.78 is 0. The molecule has 212 valence electrons. The third-order valence-electron chi connectivity index (χ3n) is 6.00. The van der Waals surface area contributed by atoms with Crippen LogP contribution in [0.4, 0.5) is 11.4 Å². The number of aliphatic imine (C=N–C) groups is 2. The number of nitrogens with one attached hydrogen (secondary N) is 4. The molecule has 4 aliphatic heterocycles. The Morgan fingerprint density at radius 2 is 1.00 bits per heavy atom. The highest BCUT2D eigenvalue weighted by Crippen LogP contribution is 2.28. The molecular formula is C22H38Cl4N8OS2. The fourth-order valence-electron chi connectivity index (χ4n) is 4.44. The average molecular weight is 637 g/mol. The van der Waals surface area contributed by atoms with Gasteiger partial charge < -0.3 is 36.5 Å². The topological polar surface area (TPSA) is 111 Å². The number of fused-ring (bicyclic) bond motifs is 2. The van der Waals surface area contributed by atoms with Gasteiger partial charge in [0.1, 0.15) is 24.0 Å². The smallest absolute Gasteiger partial charge is 0.136 e. The fraction of sp³-hybridized carbons (Fsp3) is 0.545. The van der Waals surface area contributed by atoms with Gasteiger partial charge in [-0.1, -0.05) is 0 Å². The van der Waals surface area contributed by atoms with E-state index >= 15 is 0 Å². The summed E-state index contributed by atoms with van der Waals surface area (Å²) in [5.74, 6) is 2.34. The Morgan fingerprint density at radius 3 is 1.35 bits per heavy atom. The Bertz CT molecular complexity index is 915. The van der Waals surface area contributed by atoms with Crippen LogP contribution in [-0.2, 0) is 0 Å². The van der Waals surface area contributed by atoms with E-state index in [1.165, 1.54) is 34.2 Å². The molecule has 2 saturated heterocycles. The highest BCUT2D eigenvalue weighted by molar-refractivity contribution is 7.09. The van der Waals surface area contributed by atoms with Gasteiger partial charge >= 0.3 is 0 Å². The highest BCUT2D eigenvalue weighted by atomic mass is 35.5. The van der Waals surface area contributed by atoms with Crippen molar-refractivity contribution in [2.45, 2.75) is 26.2 Å². The Kier molecular flexibility index (Phi) is 16.4. The summed E-state index contributed by atoms with van der Waals surface area (Å²) in [6.45, 7) is 12.6. The summed E-state index contributed by atoms with van der Waals surface area (Å²) in [6, 6.07) is 0. The maximum Gasteiger partial charge on any atom is 0.136 e. The molecule has 6 heterocycles. The van der Waals surface area contributed by atoms with Crippen molar-refractivity contribution in [1.82, 2.24) is 20.4 Å². The first-order valence-electron chi connectivity index (χ1n) is 11.4. The van der Waals surface area contributed by atoms with Gasteiger partial charge in [0.2, 0.25) is 0 Å². The zero-order valence-corrected chi connectivity index (χ0v) is 25.8. The van der Waals surface area contributed by atoms with Crippen LogP contribution in [0.1, 0.15) is 25.0 Å². The molecule has 0 radical (unpaired) electrons. The largest absolute Gasteiger partial charge is 0.412 e. The first kappa shape index (κ1) is 36.0. The monoisotopic (exact) mass is 634 g/mol. The van der Waals surface area contributed by atoms with E-state index in [4.69, 9.17) is 9.98 Å². The van der Waals surface area contributed by atoms with Crippen LogP contribution < -0.4 is 21.3 Å². The second-order valence-electron chi connectivity index (χ2n) is 8.42. The number of amidine groups is 2. The second kappa shape index (κ2) is 16.8. The Labute approximate surface area is 251 Å². The van der Waals surface area contributed by atoms with E-state index < -0.39 is 0 Å². The van der Waals surface area contributed by atoms with E-state index in [0.717, 1.165) is 52.4 Å². The second-order valence-corrected chi connectivity index (χ2v) is 9.91. The van der Waals surface area contributed by atoms with Crippen molar-refractivity contribution >= 4 is 95.3 Å². The molecule has 6 N–H and O–H groups in total. The number of halogens is 4. The number of rotatable bonds is 0. The molecule has 0 aliphatic carbocycles. The molecule has 0 spiro atoms. The molecule has 15 heteroatoms. The van der Waals surface area contributed by atoms with Crippen LogP contribution >= 0.6 is 72.3 Å². The van der Waals surface area contributed by atoms with Crippen molar-refractivity contribution in [3.63, 3.8) is 0 Å². The zero-order chi connectivity index (χ0) is 21.9. The molecule has 6 rings (SSSR count). The summed E-state index contributed by atoms with van der Waals surface area (Å²) in [6.07, 6.45) is 0.374. The molecule has 9 nitrogen and oxygen atoms in total. The Morgan fingerprint density at radius 1 is 0.649 bits per heavy atom. The number of anilines is 2. The number of hydrogen-bond donors (Lipinski definition) is 4. The van der Waals surface area contributed by atoms with Gasteiger partial charge in [0.05, 0.1) is 22.5 Å². The molecule has 2 aromatic heterocycles. The summed E-state index contributed by atoms with van der Waals surface area (Å²) in [5.41, 5.74) is 5.01. The third kappa shape index (κ3) is 8.48. The van der Waals surface area contributed by atoms with Crippen molar-refractivity contribution in [2.24, 2.45) is 9.98 Å². The minimum Gasteiger partial charge on any atom is -0.412 e. The van der Waals surface area contributed by atoms with Gasteiger partial charge in [0, 0.05) is 73.9 Å². The number of thiophene rings is 2. The van der Waals surface area contributed by atoms with Gasteiger partial charge in [-0.15, -0.1) is 72.3 Å². The lowest BCUT2D eigenvalue weighted by Gasteiger charge is -2.33. The average Bonchev–Trinajstić information content (AvgIpc) is 3.49. The standard InChI is InChI=1S/2C11H16N4S.4ClH.H2O/c2*1-8-13-10-7-16-6-9(10)11(14-8)15-4-2-12-3-5-15;;;;;/h2*6-8,12-13H,2-5H2,1H3;4*1H;1H2. The summed E-state index contributed by atoms with van der Waals surface area (Å²) in [4.78, 5) is 14.2. The van der Waals surface area contributed by atoms with Crippen LogP contribution in [0.15, 0.2) is 31.5 Å². The van der Waals surface area contributed by atoms with E-state index in [1.54, 1.807) is 22.7 Å². The van der Waals surface area contributed by atoms with Gasteiger partial charge in [0.15, 0.2) is 0 Å². The number of nitrogens with zero attached hydrogens (tertiary/aromatic N) is 4. The van der Waals surface area contributed by atoms with Gasteiger partial charge in [-0.25, -0.2) is 9.98 Å². The van der Waals surface area contributed by atoms with Crippen LogP contribution in [0.3, 0.4) is 0 Å². The molecule has 2 aromatic rings. The molecule has 37 heavy (non-hydrogen) atoms. The van der Waals surface area contributed by atoms with Crippen LogP contribution in [0.25, 0.3) is 0 Å². The van der Waals surface area contributed by atoms with E-state index in [-0.39, 0.29) is 67.4 Å². The summed E-state index contributed by atoms with van der Waals surface area (Å²) in [7, 11) is 0. The molecule has 4 aliphatic rings. The maximum atomic E-state index is 4.73. The van der Waals surface area contributed by atoms with Crippen molar-refractivity contribution in [1.29, 1.82) is 0 Å². The van der Waals surface area contributed by atoms with Gasteiger partial charge in [-0.3, -0.25) is 0 Å². The van der Waals surface area contributed by atoms with Crippen LogP contribution in [0.5, 0.6) is 0 Å².